The van der Waals surface area contributed by atoms with Crippen LogP contribution < -0.4 is 5.32 Å². The molecule has 96 valence electrons. The number of urea groups is 1. The van der Waals surface area contributed by atoms with E-state index in [0.717, 1.165) is 13.1 Å². The lowest BCUT2D eigenvalue weighted by Crippen LogP contribution is -2.56. The summed E-state index contributed by atoms with van der Waals surface area (Å²) >= 11 is 0. The molecule has 1 heterocycles. The van der Waals surface area contributed by atoms with Crippen LogP contribution in [0.5, 0.6) is 0 Å². The van der Waals surface area contributed by atoms with Gasteiger partial charge in [-0.3, -0.25) is 0 Å². The SMILES string of the molecule is CCN(CC)C(=O)NC1(C#N)CCN(C)CC1. The van der Waals surface area contributed by atoms with Gasteiger partial charge in [-0.05, 0) is 33.7 Å². The number of carbonyl (C=O) groups excluding carboxylic acids is 1. The topological polar surface area (TPSA) is 59.4 Å². The normalized spacial score (nSPS) is 19.4. The van der Waals surface area contributed by atoms with Gasteiger partial charge in [0, 0.05) is 26.2 Å². The predicted molar refractivity (Wildman–Crippen MR) is 66.5 cm³/mol. The number of piperidine rings is 1. The van der Waals surface area contributed by atoms with Crippen molar-refractivity contribution in [2.45, 2.75) is 32.2 Å². The maximum absolute atomic E-state index is 12.0. The molecule has 17 heavy (non-hydrogen) atoms. The number of amides is 2. The first-order chi connectivity index (χ1) is 8.06. The Morgan fingerprint density at radius 2 is 1.94 bits per heavy atom. The quantitative estimate of drug-likeness (QED) is 0.798. The van der Waals surface area contributed by atoms with Gasteiger partial charge in [-0.1, -0.05) is 0 Å². The van der Waals surface area contributed by atoms with Crippen LogP contribution in [0.25, 0.3) is 0 Å². The lowest BCUT2D eigenvalue weighted by Gasteiger charge is -2.37. The van der Waals surface area contributed by atoms with E-state index in [1.807, 2.05) is 20.9 Å². The van der Waals surface area contributed by atoms with E-state index >= 15 is 0 Å². The van der Waals surface area contributed by atoms with Crippen molar-refractivity contribution in [3.05, 3.63) is 0 Å². The molecular formula is C12H22N4O. The zero-order valence-electron chi connectivity index (χ0n) is 11.0. The third-order valence-electron chi connectivity index (χ3n) is 3.45. The van der Waals surface area contributed by atoms with Crippen molar-refractivity contribution in [1.29, 1.82) is 5.26 Å². The summed E-state index contributed by atoms with van der Waals surface area (Å²) in [5.74, 6) is 0. The Labute approximate surface area is 103 Å². The smallest absolute Gasteiger partial charge is 0.318 e. The van der Waals surface area contributed by atoms with Gasteiger partial charge in [0.2, 0.25) is 0 Å². The van der Waals surface area contributed by atoms with E-state index in [-0.39, 0.29) is 6.03 Å². The third-order valence-corrected chi connectivity index (χ3v) is 3.45. The van der Waals surface area contributed by atoms with E-state index in [9.17, 15) is 10.1 Å². The van der Waals surface area contributed by atoms with Crippen LogP contribution in [0.3, 0.4) is 0 Å². The standard InChI is InChI=1S/C12H22N4O/c1-4-16(5-2)11(17)14-12(10-13)6-8-15(3)9-7-12/h4-9H2,1-3H3,(H,14,17). The van der Waals surface area contributed by atoms with Gasteiger partial charge in [-0.2, -0.15) is 5.26 Å². The van der Waals surface area contributed by atoms with Gasteiger partial charge in [-0.15, -0.1) is 0 Å². The van der Waals surface area contributed by atoms with Crippen LogP contribution in [-0.4, -0.2) is 54.6 Å². The molecule has 5 heteroatoms. The Bertz CT molecular complexity index is 298. The Hall–Kier alpha value is -1.28. The molecule has 1 N–H and O–H groups in total. The summed E-state index contributed by atoms with van der Waals surface area (Å²) in [5.41, 5.74) is -0.674. The highest BCUT2D eigenvalue weighted by Gasteiger charge is 2.36. The van der Waals surface area contributed by atoms with Crippen LogP contribution in [0.2, 0.25) is 0 Å². The molecule has 1 fully saturated rings. The maximum Gasteiger partial charge on any atom is 0.318 e. The fraction of sp³-hybridized carbons (Fsp3) is 0.833. The highest BCUT2D eigenvalue weighted by Crippen LogP contribution is 2.21. The van der Waals surface area contributed by atoms with Gasteiger partial charge in [0.1, 0.15) is 5.54 Å². The Morgan fingerprint density at radius 3 is 2.35 bits per heavy atom. The Morgan fingerprint density at radius 1 is 1.41 bits per heavy atom. The molecule has 1 rings (SSSR count). The van der Waals surface area contributed by atoms with E-state index in [1.54, 1.807) is 4.90 Å². The Balaban J connectivity index is 2.64. The highest BCUT2D eigenvalue weighted by atomic mass is 16.2. The monoisotopic (exact) mass is 238 g/mol. The number of nitriles is 1. The molecule has 5 nitrogen and oxygen atoms in total. The van der Waals surface area contributed by atoms with E-state index in [1.165, 1.54) is 0 Å². The molecule has 0 bridgehead atoms. The van der Waals surface area contributed by atoms with Gasteiger partial charge < -0.3 is 15.1 Å². The number of likely N-dealkylation sites (tertiary alicyclic amines) is 1. The summed E-state index contributed by atoms with van der Waals surface area (Å²) in [5, 5.41) is 12.2. The zero-order valence-corrected chi connectivity index (χ0v) is 11.0. The summed E-state index contributed by atoms with van der Waals surface area (Å²) in [4.78, 5) is 15.9. The van der Waals surface area contributed by atoms with Crippen molar-refractivity contribution in [3.8, 4) is 6.07 Å². The van der Waals surface area contributed by atoms with E-state index in [0.29, 0.717) is 25.9 Å². The fourth-order valence-corrected chi connectivity index (χ4v) is 2.06. The Kier molecular flexibility index (Phi) is 4.76. The first kappa shape index (κ1) is 13.8. The minimum atomic E-state index is -0.674. The molecule has 1 saturated heterocycles. The summed E-state index contributed by atoms with van der Waals surface area (Å²) in [6.07, 6.45) is 1.40. The number of carbonyl (C=O) groups is 1. The molecule has 0 aromatic heterocycles. The van der Waals surface area contributed by atoms with Gasteiger partial charge in [0.05, 0.1) is 6.07 Å². The largest absolute Gasteiger partial charge is 0.325 e. The van der Waals surface area contributed by atoms with E-state index in [4.69, 9.17) is 0 Å². The molecule has 1 aliphatic heterocycles. The minimum absolute atomic E-state index is 0.124. The van der Waals surface area contributed by atoms with Crippen LogP contribution in [0.1, 0.15) is 26.7 Å². The number of rotatable bonds is 3. The molecule has 0 spiro atoms. The van der Waals surface area contributed by atoms with Gasteiger partial charge in [-0.25, -0.2) is 4.79 Å². The van der Waals surface area contributed by atoms with Crippen molar-refractivity contribution in [2.24, 2.45) is 0 Å². The highest BCUT2D eigenvalue weighted by molar-refractivity contribution is 5.75. The zero-order chi connectivity index (χ0) is 12.9. The number of nitrogens with zero attached hydrogens (tertiary/aromatic N) is 3. The average molecular weight is 238 g/mol. The van der Waals surface area contributed by atoms with Crippen molar-refractivity contribution < 1.29 is 4.79 Å². The van der Waals surface area contributed by atoms with Gasteiger partial charge in [0.25, 0.3) is 0 Å². The van der Waals surface area contributed by atoms with Crippen LogP contribution in [0.4, 0.5) is 4.79 Å². The van der Waals surface area contributed by atoms with E-state index < -0.39 is 5.54 Å². The fourth-order valence-electron chi connectivity index (χ4n) is 2.06. The average Bonchev–Trinajstić information content (AvgIpc) is 2.34. The third kappa shape index (κ3) is 3.34. The van der Waals surface area contributed by atoms with Crippen molar-refractivity contribution in [3.63, 3.8) is 0 Å². The summed E-state index contributed by atoms with van der Waals surface area (Å²) in [6.45, 7) is 6.93. The maximum atomic E-state index is 12.0. The first-order valence-electron chi connectivity index (χ1n) is 6.23. The molecule has 0 saturated carbocycles. The molecule has 0 unspecified atom stereocenters. The second-order valence-corrected chi connectivity index (χ2v) is 4.60. The lowest BCUT2D eigenvalue weighted by atomic mass is 9.89. The summed E-state index contributed by atoms with van der Waals surface area (Å²) in [6, 6.07) is 2.16. The van der Waals surface area contributed by atoms with Crippen molar-refractivity contribution in [2.75, 3.05) is 33.2 Å². The van der Waals surface area contributed by atoms with Crippen molar-refractivity contribution in [1.82, 2.24) is 15.1 Å². The molecule has 2 amide bonds. The molecule has 0 radical (unpaired) electrons. The van der Waals surface area contributed by atoms with E-state index in [2.05, 4.69) is 16.3 Å². The number of hydrogen-bond donors (Lipinski definition) is 1. The number of nitrogens with one attached hydrogen (secondary N) is 1. The molecule has 0 atom stereocenters. The molecule has 0 aromatic rings. The minimum Gasteiger partial charge on any atom is -0.325 e. The van der Waals surface area contributed by atoms with Crippen molar-refractivity contribution >= 4 is 6.03 Å². The molecule has 0 aromatic carbocycles. The van der Waals surface area contributed by atoms with Crippen LogP contribution in [-0.2, 0) is 0 Å². The van der Waals surface area contributed by atoms with Gasteiger partial charge >= 0.3 is 6.03 Å². The predicted octanol–water partition coefficient (Wildman–Crippen LogP) is 1.03. The van der Waals surface area contributed by atoms with Gasteiger partial charge in [0.15, 0.2) is 0 Å². The summed E-state index contributed by atoms with van der Waals surface area (Å²) < 4.78 is 0. The van der Waals surface area contributed by atoms with Crippen LogP contribution in [0.15, 0.2) is 0 Å². The van der Waals surface area contributed by atoms with Crippen LogP contribution >= 0.6 is 0 Å². The second-order valence-electron chi connectivity index (χ2n) is 4.60. The molecular weight excluding hydrogens is 216 g/mol. The lowest BCUT2D eigenvalue weighted by molar-refractivity contribution is 0.167. The molecule has 1 aliphatic rings. The molecule has 0 aliphatic carbocycles. The van der Waals surface area contributed by atoms with Crippen LogP contribution in [0, 0.1) is 11.3 Å². The summed E-state index contributed by atoms with van der Waals surface area (Å²) in [7, 11) is 2.04. The first-order valence-corrected chi connectivity index (χ1v) is 6.23. The second kappa shape index (κ2) is 5.87. The number of hydrogen-bond acceptors (Lipinski definition) is 3.